The summed E-state index contributed by atoms with van der Waals surface area (Å²) in [6.07, 6.45) is 0.188. The van der Waals surface area contributed by atoms with Crippen LogP contribution in [0.4, 0.5) is 0 Å². The fourth-order valence-electron chi connectivity index (χ4n) is 3.29. The molecule has 2 aliphatic rings. The maximum Gasteiger partial charge on any atom is 0.327 e. The van der Waals surface area contributed by atoms with Crippen molar-refractivity contribution in [2.45, 2.75) is 41.4 Å². The third-order valence-electron chi connectivity index (χ3n) is 4.46. The van der Waals surface area contributed by atoms with Crippen LogP contribution < -0.4 is 0 Å². The van der Waals surface area contributed by atoms with Crippen molar-refractivity contribution in [1.82, 2.24) is 4.90 Å². The minimum atomic E-state index is -1.35. The quantitative estimate of drug-likeness (QED) is 0.617. The van der Waals surface area contributed by atoms with Crippen LogP contribution in [0, 0.1) is 0 Å². The molecule has 6 nitrogen and oxygen atoms in total. The largest absolute Gasteiger partial charge is 0.480 e. The van der Waals surface area contributed by atoms with E-state index in [1.807, 2.05) is 30.3 Å². The molecule has 0 aliphatic carbocycles. The molecular formula is C17H19NO5S2. The number of benzene rings is 1. The lowest BCUT2D eigenvalue weighted by Crippen LogP contribution is -2.73. The first-order valence-electron chi connectivity index (χ1n) is 7.77. The number of amides is 1. The molecular weight excluding hydrogens is 362 g/mol. The van der Waals surface area contributed by atoms with Crippen molar-refractivity contribution in [3.63, 3.8) is 0 Å². The molecule has 2 aliphatic heterocycles. The Morgan fingerprint density at radius 1 is 1.32 bits per heavy atom. The molecule has 8 heteroatoms. The minimum Gasteiger partial charge on any atom is -0.480 e. The minimum absolute atomic E-state index is 0.182. The van der Waals surface area contributed by atoms with Crippen LogP contribution in [0.25, 0.3) is 0 Å². The van der Waals surface area contributed by atoms with Crippen LogP contribution in [0.5, 0.6) is 0 Å². The number of fused-ring (bicyclic) bond motifs is 1. The molecule has 0 radical (unpaired) electrons. The van der Waals surface area contributed by atoms with Crippen molar-refractivity contribution in [2.75, 3.05) is 7.11 Å². The lowest BCUT2D eigenvalue weighted by molar-refractivity contribution is -0.177. The zero-order valence-corrected chi connectivity index (χ0v) is 15.7. The topological polar surface area (TPSA) is 83.9 Å². The third kappa shape index (κ3) is 2.86. The molecule has 2 heterocycles. The van der Waals surface area contributed by atoms with Gasteiger partial charge in [-0.1, -0.05) is 30.3 Å². The lowest BCUT2D eigenvalue weighted by atomic mass is 9.97. The second-order valence-corrected chi connectivity index (χ2v) is 9.54. The Hall–Kier alpha value is -1.51. The number of carboxylic acid groups (broad SMARTS) is 1. The average molecular weight is 381 g/mol. The van der Waals surface area contributed by atoms with Gasteiger partial charge in [0.2, 0.25) is 4.93 Å². The monoisotopic (exact) mass is 381 g/mol. The van der Waals surface area contributed by atoms with E-state index in [4.69, 9.17) is 4.74 Å². The molecule has 1 N–H and O–H groups in total. The van der Waals surface area contributed by atoms with E-state index in [0.29, 0.717) is 0 Å². The van der Waals surface area contributed by atoms with Crippen LogP contribution in [0.1, 0.15) is 19.4 Å². The Morgan fingerprint density at radius 3 is 2.52 bits per heavy atom. The van der Waals surface area contributed by atoms with Gasteiger partial charge in [0, 0.05) is 18.3 Å². The first-order chi connectivity index (χ1) is 11.7. The number of carbonyl (C=O) groups excluding carboxylic acids is 2. The summed E-state index contributed by atoms with van der Waals surface area (Å²) >= 11 is 2.23. The molecule has 1 aromatic carbocycles. The lowest BCUT2D eigenvalue weighted by Gasteiger charge is -2.50. The van der Waals surface area contributed by atoms with E-state index in [9.17, 15) is 19.5 Å². The summed E-state index contributed by atoms with van der Waals surface area (Å²) in [6, 6.07) is 8.34. The number of aliphatic carboxylic acids is 1. The van der Waals surface area contributed by atoms with E-state index in [1.54, 1.807) is 13.8 Å². The highest BCUT2D eigenvalue weighted by atomic mass is 32.2. The van der Waals surface area contributed by atoms with Crippen molar-refractivity contribution in [2.24, 2.45) is 0 Å². The molecule has 3 rings (SSSR count). The van der Waals surface area contributed by atoms with Gasteiger partial charge in [-0.15, -0.1) is 11.8 Å². The van der Waals surface area contributed by atoms with Gasteiger partial charge in [-0.05, 0) is 31.2 Å². The normalized spacial score (nSPS) is 29.9. The van der Waals surface area contributed by atoms with E-state index < -0.39 is 33.0 Å². The standard InChI is InChI=1S/C17H19NO5S2/c1-16(2)12(13(20)21)18-14(22)17(23-3,15(18)25-16)24-11(19)9-10-7-5-4-6-8-10/h4-8,12,15H,9H2,1-3H3,(H,20,21)/t12-,15+,17+/m0/s1. The zero-order valence-electron chi connectivity index (χ0n) is 14.1. The number of hydrogen-bond donors (Lipinski definition) is 1. The highest BCUT2D eigenvalue weighted by molar-refractivity contribution is 8.16. The number of carbonyl (C=O) groups is 3. The molecule has 0 spiro atoms. The summed E-state index contributed by atoms with van der Waals surface area (Å²) < 4.78 is 4.81. The Kier molecular flexibility index (Phi) is 4.63. The fraction of sp³-hybridized carbons (Fsp3) is 0.471. The maximum atomic E-state index is 12.7. The number of ether oxygens (including phenoxy) is 1. The van der Waals surface area contributed by atoms with E-state index >= 15 is 0 Å². The molecule has 3 atom stereocenters. The summed E-state index contributed by atoms with van der Waals surface area (Å²) in [5.41, 5.74) is 0.859. The highest BCUT2D eigenvalue weighted by Gasteiger charge is 2.73. The molecule has 25 heavy (non-hydrogen) atoms. The zero-order chi connectivity index (χ0) is 18.4. The number of hydrogen-bond acceptors (Lipinski definition) is 6. The SMILES string of the molecule is CO[C@@]1(SC(=O)Cc2ccccc2)C(=O)N2[C@@H](C(=O)O)C(C)(C)S[C@@H]21. The van der Waals surface area contributed by atoms with Crippen molar-refractivity contribution < 1.29 is 24.2 Å². The molecule has 0 aromatic heterocycles. The van der Waals surface area contributed by atoms with Crippen LogP contribution >= 0.6 is 23.5 Å². The number of nitrogens with zero attached hydrogens (tertiary/aromatic N) is 1. The first kappa shape index (κ1) is 18.3. The number of carboxylic acids is 1. The second-order valence-electron chi connectivity index (χ2n) is 6.53. The molecule has 1 aromatic rings. The second kappa shape index (κ2) is 6.34. The van der Waals surface area contributed by atoms with Crippen molar-refractivity contribution in [3.05, 3.63) is 35.9 Å². The van der Waals surface area contributed by atoms with E-state index in [2.05, 4.69) is 0 Å². The first-order valence-corrected chi connectivity index (χ1v) is 9.47. The van der Waals surface area contributed by atoms with Gasteiger partial charge in [0.1, 0.15) is 11.4 Å². The van der Waals surface area contributed by atoms with Gasteiger partial charge in [-0.2, -0.15) is 0 Å². The van der Waals surface area contributed by atoms with Crippen LogP contribution in [0.2, 0.25) is 0 Å². The van der Waals surface area contributed by atoms with Crippen LogP contribution in [-0.4, -0.2) is 55.2 Å². The molecule has 0 saturated carbocycles. The van der Waals surface area contributed by atoms with Crippen LogP contribution in [-0.2, 0) is 25.5 Å². The van der Waals surface area contributed by atoms with Gasteiger partial charge in [0.05, 0.1) is 0 Å². The Balaban J connectivity index is 1.80. The summed E-state index contributed by atoms with van der Waals surface area (Å²) in [4.78, 5) is 36.8. The predicted molar refractivity (Wildman–Crippen MR) is 96.2 cm³/mol. The molecule has 2 fully saturated rings. The van der Waals surface area contributed by atoms with Crippen molar-refractivity contribution in [1.29, 1.82) is 0 Å². The maximum absolute atomic E-state index is 12.7. The van der Waals surface area contributed by atoms with Gasteiger partial charge < -0.3 is 14.7 Å². The van der Waals surface area contributed by atoms with Gasteiger partial charge >= 0.3 is 5.97 Å². The summed E-state index contributed by atoms with van der Waals surface area (Å²) in [6.45, 7) is 3.58. The number of thioether (sulfide) groups is 2. The molecule has 0 bridgehead atoms. The Bertz CT molecular complexity index is 723. The van der Waals surface area contributed by atoms with E-state index in [-0.39, 0.29) is 11.5 Å². The van der Waals surface area contributed by atoms with Crippen molar-refractivity contribution in [3.8, 4) is 0 Å². The Labute approximate surface area is 154 Å². The molecule has 2 saturated heterocycles. The highest BCUT2D eigenvalue weighted by Crippen LogP contribution is 2.59. The predicted octanol–water partition coefficient (Wildman–Crippen LogP) is 1.98. The number of rotatable bonds is 5. The number of β-lactam (4-membered cyclic amide) rings is 1. The van der Waals surface area contributed by atoms with Gasteiger partial charge in [-0.3, -0.25) is 9.59 Å². The summed E-state index contributed by atoms with van der Waals surface area (Å²) in [5, 5.41) is 8.81. The van der Waals surface area contributed by atoms with Crippen molar-refractivity contribution >= 4 is 40.5 Å². The van der Waals surface area contributed by atoms with E-state index in [0.717, 1.165) is 17.3 Å². The molecule has 1 amide bonds. The van der Waals surface area contributed by atoms with E-state index in [1.165, 1.54) is 23.8 Å². The van der Waals surface area contributed by atoms with Gasteiger partial charge in [0.25, 0.3) is 5.91 Å². The average Bonchev–Trinajstić information content (AvgIpc) is 2.82. The smallest absolute Gasteiger partial charge is 0.327 e. The van der Waals surface area contributed by atoms with Gasteiger partial charge in [-0.25, -0.2) is 4.79 Å². The molecule has 134 valence electrons. The third-order valence-corrected chi connectivity index (χ3v) is 7.46. The summed E-state index contributed by atoms with van der Waals surface area (Å²) in [5.74, 6) is -1.49. The van der Waals surface area contributed by atoms with Crippen LogP contribution in [0.15, 0.2) is 30.3 Å². The Morgan fingerprint density at radius 2 is 1.96 bits per heavy atom. The summed E-state index contributed by atoms with van der Waals surface area (Å²) in [7, 11) is 1.39. The van der Waals surface area contributed by atoms with Gasteiger partial charge in [0.15, 0.2) is 5.12 Å². The number of methoxy groups -OCH3 is 1. The fourth-order valence-corrected chi connectivity index (χ4v) is 6.25. The molecule has 0 unspecified atom stereocenters. The van der Waals surface area contributed by atoms with Crippen LogP contribution in [0.3, 0.4) is 0 Å².